The molecule has 0 radical (unpaired) electrons. The fourth-order valence-corrected chi connectivity index (χ4v) is 3.59. The third-order valence-electron chi connectivity index (χ3n) is 5.47. The van der Waals surface area contributed by atoms with Gasteiger partial charge in [0.15, 0.2) is 0 Å². The summed E-state index contributed by atoms with van der Waals surface area (Å²) in [6.07, 6.45) is 1.14. The molecule has 0 bridgehead atoms. The van der Waals surface area contributed by atoms with E-state index in [1.807, 2.05) is 54.6 Å². The Morgan fingerprint density at radius 1 is 0.939 bits per heavy atom. The van der Waals surface area contributed by atoms with Crippen LogP contribution in [0.15, 0.2) is 72.9 Å². The molecular weight excluding hydrogens is 422 g/mol. The van der Waals surface area contributed by atoms with Gasteiger partial charge in [-0.1, -0.05) is 30.3 Å². The molecule has 4 rings (SSSR count). The van der Waals surface area contributed by atoms with E-state index in [1.54, 1.807) is 4.90 Å². The highest BCUT2D eigenvalue weighted by Gasteiger charge is 2.22. The van der Waals surface area contributed by atoms with Crippen molar-refractivity contribution in [3.8, 4) is 5.75 Å². The second-order valence-corrected chi connectivity index (χ2v) is 7.69. The normalized spacial score (nSPS) is 13.5. The molecule has 1 aliphatic rings. The average Bonchev–Trinajstić information content (AvgIpc) is 2.87. The number of rotatable bonds is 7. The molecule has 2 amide bonds. The molecule has 170 valence electrons. The standard InChI is InChI=1S/C25H25FN4O3/c26-23-11-6-20(16-27-23)25(32)28-17-24(31)30-14-12-29(13-15-30)21-7-9-22(10-8-21)33-18-19-4-2-1-3-5-19/h1-11,16H,12-15,17-18H2,(H,28,32)/i26-1. The average molecular weight is 448 g/mol. The largest absolute Gasteiger partial charge is 0.489 e. The van der Waals surface area contributed by atoms with Gasteiger partial charge in [0, 0.05) is 38.1 Å². The van der Waals surface area contributed by atoms with Gasteiger partial charge in [-0.25, -0.2) is 4.98 Å². The van der Waals surface area contributed by atoms with Crippen LogP contribution >= 0.6 is 0 Å². The van der Waals surface area contributed by atoms with Crippen LogP contribution in [0, 0.1) is 5.95 Å². The Balaban J connectivity index is 1.21. The van der Waals surface area contributed by atoms with Crippen molar-refractivity contribution < 1.29 is 18.7 Å². The Labute approximate surface area is 191 Å². The van der Waals surface area contributed by atoms with Crippen LogP contribution in [-0.4, -0.2) is 54.4 Å². The molecule has 8 heteroatoms. The Kier molecular flexibility index (Phi) is 7.14. The molecule has 33 heavy (non-hydrogen) atoms. The van der Waals surface area contributed by atoms with Crippen LogP contribution in [0.3, 0.4) is 0 Å². The lowest BCUT2D eigenvalue weighted by atomic mass is 10.2. The number of hydrogen-bond acceptors (Lipinski definition) is 5. The second kappa shape index (κ2) is 10.6. The number of benzene rings is 2. The highest BCUT2D eigenvalue weighted by molar-refractivity contribution is 5.96. The van der Waals surface area contributed by atoms with Crippen molar-refractivity contribution in [3.05, 3.63) is 90.0 Å². The van der Waals surface area contributed by atoms with E-state index in [1.165, 1.54) is 6.07 Å². The molecule has 0 unspecified atom stereocenters. The zero-order valence-electron chi connectivity index (χ0n) is 18.1. The van der Waals surface area contributed by atoms with Crippen molar-refractivity contribution in [3.63, 3.8) is 0 Å². The van der Waals surface area contributed by atoms with E-state index in [-0.39, 0.29) is 18.0 Å². The summed E-state index contributed by atoms with van der Waals surface area (Å²) in [6, 6.07) is 20.4. The monoisotopic (exact) mass is 447 g/mol. The Bertz CT molecular complexity index is 1070. The van der Waals surface area contributed by atoms with Crippen LogP contribution in [0.2, 0.25) is 0 Å². The molecule has 7 nitrogen and oxygen atoms in total. The van der Waals surface area contributed by atoms with Crippen molar-refractivity contribution in [2.24, 2.45) is 0 Å². The van der Waals surface area contributed by atoms with Crippen LogP contribution in [0.25, 0.3) is 0 Å². The van der Waals surface area contributed by atoms with Crippen LogP contribution in [0.4, 0.5) is 10.1 Å². The van der Waals surface area contributed by atoms with Crippen molar-refractivity contribution in [2.75, 3.05) is 37.6 Å². The van der Waals surface area contributed by atoms with Crippen LogP contribution in [-0.2, 0) is 11.4 Å². The zero-order chi connectivity index (χ0) is 23.0. The van der Waals surface area contributed by atoms with Crippen LogP contribution in [0.5, 0.6) is 5.75 Å². The summed E-state index contributed by atoms with van der Waals surface area (Å²) in [6.45, 7) is 2.95. The number of ether oxygens (including phenoxy) is 1. The van der Waals surface area contributed by atoms with Gasteiger partial charge in [-0.3, -0.25) is 9.59 Å². The maximum atomic E-state index is 12.9. The minimum Gasteiger partial charge on any atom is -0.489 e. The summed E-state index contributed by atoms with van der Waals surface area (Å²) in [5, 5.41) is 2.57. The summed E-state index contributed by atoms with van der Waals surface area (Å²) >= 11 is 0. The van der Waals surface area contributed by atoms with Crippen LogP contribution in [0.1, 0.15) is 15.9 Å². The van der Waals surface area contributed by atoms with Gasteiger partial charge >= 0.3 is 0 Å². The maximum absolute atomic E-state index is 12.9. The summed E-state index contributed by atoms with van der Waals surface area (Å²) in [5.74, 6) is -0.454. The number of amides is 2. The van der Waals surface area contributed by atoms with Crippen molar-refractivity contribution in [1.29, 1.82) is 0 Å². The van der Waals surface area contributed by atoms with Gasteiger partial charge in [0.05, 0.1) is 12.1 Å². The summed E-state index contributed by atoms with van der Waals surface area (Å²) < 4.78 is 18.7. The van der Waals surface area contributed by atoms with Crippen LogP contribution < -0.4 is 15.0 Å². The van der Waals surface area contributed by atoms with Gasteiger partial charge in [0.25, 0.3) is 5.91 Å². The molecule has 2 heterocycles. The molecule has 1 aromatic heterocycles. The molecule has 0 atom stereocenters. The van der Waals surface area contributed by atoms with Gasteiger partial charge in [0.2, 0.25) is 11.9 Å². The van der Waals surface area contributed by atoms with E-state index < -0.39 is 11.9 Å². The number of pyridine rings is 1. The van der Waals surface area contributed by atoms with E-state index in [9.17, 15) is 14.0 Å². The molecule has 1 fully saturated rings. The number of hydrogen-bond donors (Lipinski definition) is 1. The van der Waals surface area contributed by atoms with Crippen molar-refractivity contribution >= 4 is 17.5 Å². The first-order valence-corrected chi connectivity index (χ1v) is 10.8. The number of aromatic nitrogens is 1. The number of nitrogens with one attached hydrogen (secondary N) is 1. The second-order valence-electron chi connectivity index (χ2n) is 7.69. The van der Waals surface area contributed by atoms with E-state index in [2.05, 4.69) is 15.2 Å². The number of halogens is 1. The Morgan fingerprint density at radius 2 is 1.67 bits per heavy atom. The van der Waals surface area contributed by atoms with Gasteiger partial charge in [-0.15, -0.1) is 0 Å². The van der Waals surface area contributed by atoms with Gasteiger partial charge in [-0.2, -0.15) is 4.39 Å². The topological polar surface area (TPSA) is 74.8 Å². The third kappa shape index (κ3) is 6.06. The fourth-order valence-electron chi connectivity index (χ4n) is 3.59. The van der Waals surface area contributed by atoms with Gasteiger partial charge in [0.1, 0.15) is 12.4 Å². The van der Waals surface area contributed by atoms with Gasteiger partial charge in [-0.05, 0) is 42.0 Å². The Morgan fingerprint density at radius 3 is 2.33 bits per heavy atom. The summed E-state index contributed by atoms with van der Waals surface area (Å²) in [5.41, 5.74) is 2.41. The lowest BCUT2D eigenvalue weighted by Crippen LogP contribution is -2.51. The van der Waals surface area contributed by atoms with E-state index >= 15 is 0 Å². The molecule has 2 aromatic carbocycles. The molecular formula is C25H25FN4O3. The highest BCUT2D eigenvalue weighted by Crippen LogP contribution is 2.21. The predicted molar refractivity (Wildman–Crippen MR) is 123 cm³/mol. The quantitative estimate of drug-likeness (QED) is 0.564. The first kappa shape index (κ1) is 22.3. The highest BCUT2D eigenvalue weighted by atomic mass is 18.2. The predicted octanol–water partition coefficient (Wildman–Crippen LogP) is 2.88. The Hall–Kier alpha value is -3.94. The van der Waals surface area contributed by atoms with E-state index in [4.69, 9.17) is 4.74 Å². The number of carbonyl (C=O) groups is 2. The van der Waals surface area contributed by atoms with Gasteiger partial charge < -0.3 is 19.9 Å². The molecule has 0 aliphatic carbocycles. The first-order chi connectivity index (χ1) is 16.1. The fraction of sp³-hybridized carbons (Fsp3) is 0.240. The van der Waals surface area contributed by atoms with Crippen molar-refractivity contribution in [2.45, 2.75) is 6.61 Å². The minimum absolute atomic E-state index is 0.107. The third-order valence-corrected chi connectivity index (χ3v) is 5.47. The van der Waals surface area contributed by atoms with E-state index in [0.29, 0.717) is 32.8 Å². The summed E-state index contributed by atoms with van der Waals surface area (Å²) in [7, 11) is 0. The maximum Gasteiger partial charge on any atom is 0.253 e. The molecule has 3 aromatic rings. The number of anilines is 1. The first-order valence-electron chi connectivity index (χ1n) is 10.8. The number of carbonyl (C=O) groups excluding carboxylic acids is 2. The molecule has 1 saturated heterocycles. The molecule has 0 saturated carbocycles. The van der Waals surface area contributed by atoms with Crippen molar-refractivity contribution in [1.82, 2.24) is 15.2 Å². The molecule has 1 N–H and O–H groups in total. The molecule has 1 aliphatic heterocycles. The lowest BCUT2D eigenvalue weighted by molar-refractivity contribution is -0.130. The number of nitrogens with zero attached hydrogens (tertiary/aromatic N) is 3. The lowest BCUT2D eigenvalue weighted by Gasteiger charge is -2.36. The summed E-state index contributed by atoms with van der Waals surface area (Å²) in [4.78, 5) is 31.9. The minimum atomic E-state index is -0.658. The smallest absolute Gasteiger partial charge is 0.253 e. The zero-order valence-corrected chi connectivity index (χ0v) is 18.1. The number of piperazine rings is 1. The van der Waals surface area contributed by atoms with E-state index in [0.717, 1.165) is 29.3 Å². The SMILES string of the molecule is O=C(NCC(=O)N1CCN(c2ccc(OCc3ccccc3)cc2)CC1)c1ccc([18F])nc1. The molecule has 0 spiro atoms.